The fourth-order valence-electron chi connectivity index (χ4n) is 2.44. The van der Waals surface area contributed by atoms with Crippen LogP contribution < -0.4 is 5.32 Å². The van der Waals surface area contributed by atoms with Gasteiger partial charge in [0.2, 0.25) is 11.8 Å². The first kappa shape index (κ1) is 14.3. The van der Waals surface area contributed by atoms with E-state index in [4.69, 9.17) is 4.42 Å². The van der Waals surface area contributed by atoms with E-state index in [-0.39, 0.29) is 5.91 Å². The number of fused-ring (bicyclic) bond motifs is 1. The second-order valence-electron chi connectivity index (χ2n) is 5.11. The van der Waals surface area contributed by atoms with Crippen LogP contribution in [0.3, 0.4) is 0 Å². The topological polar surface area (TPSA) is 58.4 Å². The summed E-state index contributed by atoms with van der Waals surface area (Å²) in [5.41, 5.74) is 1.29. The van der Waals surface area contributed by atoms with Crippen LogP contribution in [0, 0.1) is 0 Å². The Balaban J connectivity index is 1.46. The van der Waals surface area contributed by atoms with Gasteiger partial charge in [0.05, 0.1) is 19.3 Å². The Hall–Kier alpha value is -1.66. The van der Waals surface area contributed by atoms with Gasteiger partial charge in [-0.1, -0.05) is 6.92 Å². The largest absolute Gasteiger partial charge is 0.444 e. The first-order valence-electron chi connectivity index (χ1n) is 7.23. The quantitative estimate of drug-likeness (QED) is 0.917. The van der Waals surface area contributed by atoms with E-state index in [1.54, 1.807) is 17.5 Å². The second-order valence-corrected chi connectivity index (χ2v) is 6.11. The minimum atomic E-state index is 0.133. The van der Waals surface area contributed by atoms with Crippen LogP contribution in [0.25, 0.3) is 0 Å². The predicted molar refractivity (Wildman–Crippen MR) is 81.0 cm³/mol. The van der Waals surface area contributed by atoms with Gasteiger partial charge in [0.25, 0.3) is 0 Å². The van der Waals surface area contributed by atoms with Gasteiger partial charge in [0.1, 0.15) is 5.76 Å². The van der Waals surface area contributed by atoms with E-state index in [2.05, 4.69) is 21.7 Å². The monoisotopic (exact) mass is 305 g/mol. The molecule has 0 fully saturated rings. The molecule has 5 nitrogen and oxygen atoms in total. The molecule has 0 saturated heterocycles. The molecule has 3 rings (SSSR count). The van der Waals surface area contributed by atoms with E-state index in [0.29, 0.717) is 19.0 Å². The molecule has 1 aliphatic heterocycles. The summed E-state index contributed by atoms with van der Waals surface area (Å²) in [5.74, 6) is 1.65. The summed E-state index contributed by atoms with van der Waals surface area (Å²) in [7, 11) is 0. The van der Waals surface area contributed by atoms with Gasteiger partial charge in [-0.05, 0) is 23.4 Å². The highest BCUT2D eigenvalue weighted by molar-refractivity contribution is 7.10. The van der Waals surface area contributed by atoms with E-state index in [9.17, 15) is 4.79 Å². The smallest absolute Gasteiger partial charge is 0.236 e. The van der Waals surface area contributed by atoms with Crippen LogP contribution in [-0.4, -0.2) is 28.9 Å². The Labute approximate surface area is 128 Å². The van der Waals surface area contributed by atoms with E-state index >= 15 is 0 Å². The van der Waals surface area contributed by atoms with Crippen LogP contribution in [0.15, 0.2) is 22.1 Å². The molecule has 0 saturated carbocycles. The molecule has 0 bridgehead atoms. The van der Waals surface area contributed by atoms with Crippen molar-refractivity contribution in [3.63, 3.8) is 0 Å². The maximum Gasteiger partial charge on any atom is 0.236 e. The van der Waals surface area contributed by atoms with Gasteiger partial charge < -0.3 is 9.32 Å². The third kappa shape index (κ3) is 3.33. The van der Waals surface area contributed by atoms with Crippen molar-refractivity contribution in [1.29, 1.82) is 0 Å². The number of carbonyl (C=O) groups is 1. The Kier molecular flexibility index (Phi) is 4.36. The number of hydrogen-bond acceptors (Lipinski definition) is 5. The summed E-state index contributed by atoms with van der Waals surface area (Å²) >= 11 is 1.78. The van der Waals surface area contributed by atoms with Crippen molar-refractivity contribution < 1.29 is 9.21 Å². The third-order valence-corrected chi connectivity index (χ3v) is 4.69. The van der Waals surface area contributed by atoms with Crippen LogP contribution in [0.4, 0.5) is 0 Å². The number of nitrogens with zero attached hydrogens (tertiary/aromatic N) is 2. The van der Waals surface area contributed by atoms with Gasteiger partial charge in [-0.25, -0.2) is 4.98 Å². The zero-order valence-corrected chi connectivity index (χ0v) is 12.9. The van der Waals surface area contributed by atoms with Crippen LogP contribution >= 0.6 is 11.3 Å². The van der Waals surface area contributed by atoms with Crippen molar-refractivity contribution in [3.8, 4) is 0 Å². The number of thiophene rings is 1. The number of nitrogens with one attached hydrogen (secondary N) is 1. The molecule has 2 aromatic rings. The molecule has 0 unspecified atom stereocenters. The zero-order valence-electron chi connectivity index (χ0n) is 12.1. The van der Waals surface area contributed by atoms with E-state index in [1.165, 1.54) is 10.4 Å². The normalized spacial score (nSPS) is 14.2. The summed E-state index contributed by atoms with van der Waals surface area (Å²) in [6.45, 7) is 4.38. The number of aromatic nitrogens is 1. The molecule has 1 aliphatic rings. The van der Waals surface area contributed by atoms with Crippen LogP contribution in [-0.2, 0) is 30.7 Å². The van der Waals surface area contributed by atoms with Gasteiger partial charge in [-0.3, -0.25) is 10.1 Å². The minimum Gasteiger partial charge on any atom is -0.444 e. The maximum atomic E-state index is 12.2. The van der Waals surface area contributed by atoms with E-state index in [0.717, 1.165) is 31.7 Å². The second kappa shape index (κ2) is 6.41. The number of aryl methyl sites for hydroxylation is 1. The number of carbonyl (C=O) groups excluding carboxylic acids is 1. The Bertz CT molecular complexity index is 620. The number of oxazole rings is 1. The predicted octanol–water partition coefficient (Wildman–Crippen LogP) is 1.97. The summed E-state index contributed by atoms with van der Waals surface area (Å²) in [5, 5.41) is 5.21. The molecule has 0 aromatic carbocycles. The first-order chi connectivity index (χ1) is 10.3. The third-order valence-electron chi connectivity index (χ3n) is 3.66. The molecule has 0 radical (unpaired) electrons. The van der Waals surface area contributed by atoms with Crippen molar-refractivity contribution in [2.75, 3.05) is 13.1 Å². The van der Waals surface area contributed by atoms with Crippen molar-refractivity contribution in [3.05, 3.63) is 39.7 Å². The van der Waals surface area contributed by atoms with Gasteiger partial charge in [-0.2, -0.15) is 0 Å². The molecule has 0 aliphatic carbocycles. The lowest BCUT2D eigenvalue weighted by Crippen LogP contribution is -2.40. The summed E-state index contributed by atoms with van der Waals surface area (Å²) in [6.07, 6.45) is 3.54. The van der Waals surface area contributed by atoms with Crippen molar-refractivity contribution in [1.82, 2.24) is 15.2 Å². The molecule has 0 atom stereocenters. The molecule has 1 amide bonds. The molecule has 112 valence electrons. The first-order valence-corrected chi connectivity index (χ1v) is 8.11. The number of hydrogen-bond donors (Lipinski definition) is 1. The van der Waals surface area contributed by atoms with Crippen molar-refractivity contribution in [2.24, 2.45) is 0 Å². The summed E-state index contributed by atoms with van der Waals surface area (Å²) in [4.78, 5) is 19.7. The maximum absolute atomic E-state index is 12.2. The summed E-state index contributed by atoms with van der Waals surface area (Å²) < 4.78 is 5.50. The lowest BCUT2D eigenvalue weighted by atomic mass is 10.1. The minimum absolute atomic E-state index is 0.133. The van der Waals surface area contributed by atoms with Crippen LogP contribution in [0.5, 0.6) is 0 Å². The van der Waals surface area contributed by atoms with Gasteiger partial charge in [-0.15, -0.1) is 11.3 Å². The molecule has 21 heavy (non-hydrogen) atoms. The molecule has 2 aromatic heterocycles. The average Bonchev–Trinajstić information content (AvgIpc) is 3.14. The van der Waals surface area contributed by atoms with E-state index in [1.807, 2.05) is 11.8 Å². The highest BCUT2D eigenvalue weighted by Gasteiger charge is 2.21. The number of rotatable bonds is 5. The Morgan fingerprint density at radius 3 is 3.29 bits per heavy atom. The SMILES string of the molecule is CCc1cnc(CNCC(=O)N2CCc3sccc3C2)o1. The van der Waals surface area contributed by atoms with Crippen LogP contribution in [0.1, 0.15) is 29.0 Å². The molecule has 3 heterocycles. The van der Waals surface area contributed by atoms with Gasteiger partial charge >= 0.3 is 0 Å². The van der Waals surface area contributed by atoms with Crippen LogP contribution in [0.2, 0.25) is 0 Å². The summed E-state index contributed by atoms with van der Waals surface area (Å²) in [6, 6.07) is 2.12. The Morgan fingerprint density at radius 2 is 2.48 bits per heavy atom. The van der Waals surface area contributed by atoms with Crippen molar-refractivity contribution in [2.45, 2.75) is 32.9 Å². The highest BCUT2D eigenvalue weighted by Crippen LogP contribution is 2.23. The number of amides is 1. The molecule has 0 spiro atoms. The fourth-order valence-corrected chi connectivity index (χ4v) is 3.33. The van der Waals surface area contributed by atoms with Crippen molar-refractivity contribution >= 4 is 17.2 Å². The lowest BCUT2D eigenvalue weighted by Gasteiger charge is -2.27. The fraction of sp³-hybridized carbons (Fsp3) is 0.467. The Morgan fingerprint density at radius 1 is 1.57 bits per heavy atom. The van der Waals surface area contributed by atoms with Gasteiger partial charge in [0, 0.05) is 24.4 Å². The zero-order chi connectivity index (χ0) is 14.7. The molecule has 6 heteroatoms. The standard InChI is InChI=1S/C15H19N3O2S/c1-2-12-7-17-14(20-12)8-16-9-15(19)18-5-3-13-11(10-18)4-6-21-13/h4,6-7,16H,2-3,5,8-10H2,1H3. The molecular formula is C15H19N3O2S. The van der Waals surface area contributed by atoms with Gasteiger partial charge in [0.15, 0.2) is 0 Å². The average molecular weight is 305 g/mol. The molecule has 1 N–H and O–H groups in total. The highest BCUT2D eigenvalue weighted by atomic mass is 32.1. The van der Waals surface area contributed by atoms with E-state index < -0.39 is 0 Å². The molecular weight excluding hydrogens is 286 g/mol. The lowest BCUT2D eigenvalue weighted by molar-refractivity contribution is -0.131.